The lowest BCUT2D eigenvalue weighted by molar-refractivity contribution is 0.219. The van der Waals surface area contributed by atoms with Gasteiger partial charge in [-0.15, -0.1) is 0 Å². The number of guanidine groups is 1. The van der Waals surface area contributed by atoms with Crippen LogP contribution in [0.1, 0.15) is 31.9 Å². The van der Waals surface area contributed by atoms with Crippen LogP contribution in [0.15, 0.2) is 35.3 Å². The Balaban J connectivity index is 1.90. The molecule has 1 aromatic rings. The van der Waals surface area contributed by atoms with Gasteiger partial charge in [0.25, 0.3) is 0 Å². The summed E-state index contributed by atoms with van der Waals surface area (Å²) < 4.78 is 25.3. The highest BCUT2D eigenvalue weighted by Gasteiger charge is 2.27. The Morgan fingerprint density at radius 1 is 1.22 bits per heavy atom. The van der Waals surface area contributed by atoms with Crippen molar-refractivity contribution in [2.24, 2.45) is 4.99 Å². The molecule has 2 rings (SSSR count). The van der Waals surface area contributed by atoms with Gasteiger partial charge in [0.1, 0.15) is 0 Å². The highest BCUT2D eigenvalue weighted by Crippen LogP contribution is 2.19. The zero-order valence-electron chi connectivity index (χ0n) is 16.7. The van der Waals surface area contributed by atoms with Gasteiger partial charge in [-0.2, -0.15) is 0 Å². The molecule has 1 unspecified atom stereocenters. The Morgan fingerprint density at radius 3 is 2.48 bits per heavy atom. The van der Waals surface area contributed by atoms with Crippen molar-refractivity contribution >= 4 is 16.0 Å². The number of aliphatic imine (C=N–C) groups is 1. The molecule has 1 atom stereocenters. The SMILES string of the molecule is CCN(CC)C(CNC(=NC)NCCN1CCCS1(=O)=O)c1ccccc1. The van der Waals surface area contributed by atoms with Crippen LogP contribution in [0.5, 0.6) is 0 Å². The normalized spacial score (nSPS) is 18.6. The first-order valence-corrected chi connectivity index (χ1v) is 11.3. The van der Waals surface area contributed by atoms with Crippen molar-refractivity contribution in [3.63, 3.8) is 0 Å². The van der Waals surface area contributed by atoms with Crippen molar-refractivity contribution in [3.8, 4) is 0 Å². The second kappa shape index (κ2) is 10.6. The lowest BCUT2D eigenvalue weighted by Gasteiger charge is -2.31. The molecular formula is C19H33N5O2S. The number of rotatable bonds is 9. The molecule has 0 aromatic heterocycles. The summed E-state index contributed by atoms with van der Waals surface area (Å²) in [4.78, 5) is 6.68. The molecule has 7 nitrogen and oxygen atoms in total. The van der Waals surface area contributed by atoms with E-state index in [4.69, 9.17) is 0 Å². The lowest BCUT2D eigenvalue weighted by atomic mass is 10.1. The van der Waals surface area contributed by atoms with Crippen LogP contribution in [0.3, 0.4) is 0 Å². The molecule has 152 valence electrons. The summed E-state index contributed by atoms with van der Waals surface area (Å²) in [6, 6.07) is 10.7. The number of nitrogens with zero attached hydrogens (tertiary/aromatic N) is 3. The first-order valence-electron chi connectivity index (χ1n) is 9.73. The molecule has 0 bridgehead atoms. The number of sulfonamides is 1. The van der Waals surface area contributed by atoms with Crippen molar-refractivity contribution in [2.45, 2.75) is 26.3 Å². The standard InChI is InChI=1S/C19H33N5O2S/c1-4-23(5-2)18(17-10-7-6-8-11-17)16-22-19(20-3)21-12-14-24-13-9-15-27(24,25)26/h6-8,10-11,18H,4-5,9,12-16H2,1-3H3,(H2,20,21,22). The third-order valence-corrected chi connectivity index (χ3v) is 6.94. The molecular weight excluding hydrogens is 362 g/mol. The van der Waals surface area contributed by atoms with E-state index in [1.54, 1.807) is 11.4 Å². The summed E-state index contributed by atoms with van der Waals surface area (Å²) in [5, 5.41) is 6.62. The van der Waals surface area contributed by atoms with Gasteiger partial charge in [0.15, 0.2) is 5.96 Å². The molecule has 0 spiro atoms. The van der Waals surface area contributed by atoms with Gasteiger partial charge in [-0.25, -0.2) is 12.7 Å². The smallest absolute Gasteiger partial charge is 0.214 e. The monoisotopic (exact) mass is 395 g/mol. The fraction of sp³-hybridized carbons (Fsp3) is 0.632. The summed E-state index contributed by atoms with van der Waals surface area (Å²) in [7, 11) is -1.31. The van der Waals surface area contributed by atoms with E-state index in [0.717, 1.165) is 26.1 Å². The molecule has 1 aromatic carbocycles. The summed E-state index contributed by atoms with van der Waals surface area (Å²) in [5.74, 6) is 0.961. The van der Waals surface area contributed by atoms with Crippen molar-refractivity contribution in [1.82, 2.24) is 19.8 Å². The van der Waals surface area contributed by atoms with Gasteiger partial charge in [0.2, 0.25) is 10.0 Å². The summed E-state index contributed by atoms with van der Waals surface area (Å²) in [5.41, 5.74) is 1.27. The van der Waals surface area contributed by atoms with Crippen molar-refractivity contribution in [1.29, 1.82) is 0 Å². The molecule has 0 amide bonds. The van der Waals surface area contributed by atoms with Crippen molar-refractivity contribution in [2.75, 3.05) is 52.1 Å². The number of likely N-dealkylation sites (N-methyl/N-ethyl adjacent to an activating group) is 1. The third-order valence-electron chi connectivity index (χ3n) is 4.98. The van der Waals surface area contributed by atoms with E-state index in [2.05, 4.69) is 58.6 Å². The molecule has 8 heteroatoms. The maximum Gasteiger partial charge on any atom is 0.214 e. The Morgan fingerprint density at radius 2 is 1.93 bits per heavy atom. The summed E-state index contributed by atoms with van der Waals surface area (Å²) in [6.07, 6.45) is 0.720. The highest BCUT2D eigenvalue weighted by atomic mass is 32.2. The van der Waals surface area contributed by atoms with E-state index < -0.39 is 10.0 Å². The largest absolute Gasteiger partial charge is 0.355 e. The predicted octanol–water partition coefficient (Wildman–Crippen LogP) is 1.27. The van der Waals surface area contributed by atoms with Gasteiger partial charge < -0.3 is 10.6 Å². The van der Waals surface area contributed by atoms with E-state index in [1.807, 2.05) is 6.07 Å². The minimum absolute atomic E-state index is 0.249. The van der Waals surface area contributed by atoms with E-state index in [0.29, 0.717) is 25.6 Å². The molecule has 1 aliphatic rings. The quantitative estimate of drug-likeness (QED) is 0.486. The summed E-state index contributed by atoms with van der Waals surface area (Å²) >= 11 is 0. The zero-order valence-corrected chi connectivity index (χ0v) is 17.5. The van der Waals surface area contributed by atoms with Gasteiger partial charge in [-0.3, -0.25) is 9.89 Å². The van der Waals surface area contributed by atoms with E-state index in [9.17, 15) is 8.42 Å². The fourth-order valence-electron chi connectivity index (χ4n) is 3.45. The maximum absolute atomic E-state index is 11.9. The van der Waals surface area contributed by atoms with Crippen LogP contribution >= 0.6 is 0 Å². The minimum atomic E-state index is -3.05. The first kappa shape index (κ1) is 21.7. The Bertz CT molecular complexity index is 689. The van der Waals surface area contributed by atoms with Gasteiger partial charge in [-0.05, 0) is 25.1 Å². The Hall–Kier alpha value is -1.64. The number of benzene rings is 1. The molecule has 0 saturated carbocycles. The number of hydrogen-bond donors (Lipinski definition) is 2. The van der Waals surface area contributed by atoms with Gasteiger partial charge in [0.05, 0.1) is 11.8 Å². The molecule has 1 aliphatic heterocycles. The van der Waals surface area contributed by atoms with Crippen molar-refractivity contribution < 1.29 is 8.42 Å². The molecule has 0 radical (unpaired) electrons. The topological polar surface area (TPSA) is 77.0 Å². The van der Waals surface area contributed by atoms with Gasteiger partial charge >= 0.3 is 0 Å². The fourth-order valence-corrected chi connectivity index (χ4v) is 4.98. The second-order valence-corrected chi connectivity index (χ2v) is 8.68. The van der Waals surface area contributed by atoms with Crippen LogP contribution in [0.2, 0.25) is 0 Å². The average Bonchev–Trinajstić information content (AvgIpc) is 3.02. The predicted molar refractivity (Wildman–Crippen MR) is 111 cm³/mol. The van der Waals surface area contributed by atoms with Crippen LogP contribution in [0.25, 0.3) is 0 Å². The van der Waals surface area contributed by atoms with Crippen LogP contribution in [-0.2, 0) is 10.0 Å². The average molecular weight is 396 g/mol. The molecule has 1 fully saturated rings. The van der Waals surface area contributed by atoms with Crippen LogP contribution in [-0.4, -0.2) is 75.7 Å². The van der Waals surface area contributed by atoms with E-state index in [-0.39, 0.29) is 11.8 Å². The van der Waals surface area contributed by atoms with Crippen LogP contribution < -0.4 is 10.6 Å². The molecule has 27 heavy (non-hydrogen) atoms. The molecule has 0 aliphatic carbocycles. The second-order valence-electron chi connectivity index (χ2n) is 6.60. The molecule has 2 N–H and O–H groups in total. The van der Waals surface area contributed by atoms with E-state index in [1.165, 1.54) is 5.56 Å². The highest BCUT2D eigenvalue weighted by molar-refractivity contribution is 7.89. The Kier molecular flexibility index (Phi) is 8.53. The Labute approximate surface area is 163 Å². The summed E-state index contributed by atoms with van der Waals surface area (Å²) in [6.45, 7) is 8.64. The number of hydrogen-bond acceptors (Lipinski definition) is 4. The van der Waals surface area contributed by atoms with E-state index >= 15 is 0 Å². The maximum atomic E-state index is 11.9. The molecule has 1 saturated heterocycles. The zero-order chi connectivity index (χ0) is 19.7. The first-order chi connectivity index (χ1) is 13.0. The number of nitrogens with one attached hydrogen (secondary N) is 2. The lowest BCUT2D eigenvalue weighted by Crippen LogP contribution is -2.45. The molecule has 1 heterocycles. The third kappa shape index (κ3) is 6.19. The van der Waals surface area contributed by atoms with Crippen LogP contribution in [0.4, 0.5) is 0 Å². The van der Waals surface area contributed by atoms with Gasteiger partial charge in [0, 0.05) is 33.2 Å². The minimum Gasteiger partial charge on any atom is -0.355 e. The van der Waals surface area contributed by atoms with Crippen molar-refractivity contribution in [3.05, 3.63) is 35.9 Å². The van der Waals surface area contributed by atoms with Crippen LogP contribution in [0, 0.1) is 0 Å². The van der Waals surface area contributed by atoms with Gasteiger partial charge in [-0.1, -0.05) is 44.2 Å².